The van der Waals surface area contributed by atoms with Crippen molar-refractivity contribution in [2.45, 2.75) is 53.4 Å². The largest absolute Gasteiger partial charge is 0.493 e. The number of hydrogen-bond donors (Lipinski definition) is 0. The van der Waals surface area contributed by atoms with Crippen molar-refractivity contribution in [3.8, 4) is 42.1 Å². The molecule has 2 aromatic carbocycles. The Morgan fingerprint density at radius 3 is 1.14 bits per heavy atom. The highest BCUT2D eigenvalue weighted by Crippen LogP contribution is 2.40. The van der Waals surface area contributed by atoms with E-state index < -0.39 is 0 Å². The Kier molecular flexibility index (Phi) is 9.66. The van der Waals surface area contributed by atoms with Gasteiger partial charge < -0.3 is 9.47 Å². The summed E-state index contributed by atoms with van der Waals surface area (Å²) in [6, 6.07) is 26.0. The fraction of sp³-hybridized carbons (Fsp3) is 0.375. The topological polar surface area (TPSA) is 18.5 Å². The summed E-state index contributed by atoms with van der Waals surface area (Å²) in [4.78, 5) is 5.18. The van der Waals surface area contributed by atoms with Gasteiger partial charge in [0.2, 0.25) is 0 Å². The molecule has 0 atom stereocenters. The van der Waals surface area contributed by atoms with Crippen LogP contribution < -0.4 is 9.47 Å². The molecule has 0 aliphatic heterocycles. The second-order valence-electron chi connectivity index (χ2n) is 9.36. The van der Waals surface area contributed by atoms with Crippen LogP contribution in [0.25, 0.3) is 30.6 Å². The van der Waals surface area contributed by atoms with Gasteiger partial charge in [-0.15, -0.1) is 22.7 Å². The van der Waals surface area contributed by atoms with E-state index in [0.717, 1.165) is 50.4 Å². The van der Waals surface area contributed by atoms with Gasteiger partial charge in [-0.05, 0) is 95.8 Å². The molecule has 2 aromatic heterocycles. The van der Waals surface area contributed by atoms with Gasteiger partial charge in [0.15, 0.2) is 0 Å². The first kappa shape index (κ1) is 26.5. The number of benzene rings is 2. The summed E-state index contributed by atoms with van der Waals surface area (Å²) in [5, 5.41) is 0. The molecule has 36 heavy (non-hydrogen) atoms. The molecule has 2 nitrogen and oxygen atoms in total. The Morgan fingerprint density at radius 1 is 0.472 bits per heavy atom. The lowest BCUT2D eigenvalue weighted by Gasteiger charge is -2.13. The maximum Gasteiger partial charge on any atom is 0.119 e. The van der Waals surface area contributed by atoms with Gasteiger partial charge in [0, 0.05) is 19.5 Å². The van der Waals surface area contributed by atoms with Gasteiger partial charge in [0.1, 0.15) is 11.5 Å². The van der Waals surface area contributed by atoms with E-state index in [1.807, 2.05) is 22.7 Å². The Labute approximate surface area is 224 Å². The Morgan fingerprint density at radius 2 is 0.806 bits per heavy atom. The van der Waals surface area contributed by atoms with Crippen LogP contribution in [0.1, 0.15) is 53.4 Å². The average molecular weight is 519 g/mol. The smallest absolute Gasteiger partial charge is 0.119 e. The summed E-state index contributed by atoms with van der Waals surface area (Å²) in [6.07, 6.45) is 4.65. The summed E-state index contributed by atoms with van der Waals surface area (Å²) in [5.41, 5.74) is 2.48. The zero-order chi connectivity index (χ0) is 25.3. The van der Waals surface area contributed by atoms with Gasteiger partial charge in [0.05, 0.1) is 13.2 Å². The molecular formula is C32H38O2S2. The molecule has 0 bridgehead atoms. The minimum Gasteiger partial charge on any atom is -0.493 e. The minimum atomic E-state index is 0.630. The first-order valence-electron chi connectivity index (χ1n) is 13.3. The van der Waals surface area contributed by atoms with Gasteiger partial charge in [-0.2, -0.15) is 0 Å². The summed E-state index contributed by atoms with van der Waals surface area (Å²) in [7, 11) is 0. The van der Waals surface area contributed by atoms with E-state index in [2.05, 4.69) is 100 Å². The van der Waals surface area contributed by atoms with Crippen molar-refractivity contribution in [1.82, 2.24) is 0 Å². The fourth-order valence-corrected chi connectivity index (χ4v) is 6.27. The van der Waals surface area contributed by atoms with E-state index in [1.165, 1.54) is 30.6 Å². The molecular weight excluding hydrogens is 480 g/mol. The second kappa shape index (κ2) is 13.1. The van der Waals surface area contributed by atoms with Crippen LogP contribution >= 0.6 is 22.7 Å². The fourth-order valence-electron chi connectivity index (χ4n) is 4.16. The van der Waals surface area contributed by atoms with Crippen LogP contribution in [0.4, 0.5) is 0 Å². The van der Waals surface area contributed by atoms with Crippen LogP contribution in [0.5, 0.6) is 11.5 Å². The molecule has 2 heterocycles. The molecule has 0 fully saturated rings. The van der Waals surface area contributed by atoms with Gasteiger partial charge in [-0.1, -0.05) is 53.4 Å². The summed E-state index contributed by atoms with van der Waals surface area (Å²) >= 11 is 3.69. The van der Waals surface area contributed by atoms with Crippen LogP contribution in [0.2, 0.25) is 0 Å². The van der Waals surface area contributed by atoms with Crippen LogP contribution in [0, 0.1) is 11.8 Å². The standard InChI is InChI=1S/C32H38O2S2/c1-5-23(6-2)21-33-27-13-9-25(10-14-27)29-17-19-31(35-29)32-20-18-30(36-32)26-11-15-28(16-12-26)34-22-24(7-3)8-4/h9-20,23-24H,5-8,21-22H2,1-4H3. The molecule has 4 rings (SSSR count). The van der Waals surface area contributed by atoms with E-state index in [9.17, 15) is 0 Å². The Bertz CT molecular complexity index is 1080. The monoisotopic (exact) mass is 518 g/mol. The highest BCUT2D eigenvalue weighted by molar-refractivity contribution is 7.25. The number of rotatable bonds is 13. The Hall–Kier alpha value is -2.56. The molecule has 190 valence electrons. The van der Waals surface area contributed by atoms with Crippen molar-refractivity contribution in [1.29, 1.82) is 0 Å². The Balaban J connectivity index is 1.38. The lowest BCUT2D eigenvalue weighted by molar-refractivity contribution is 0.240. The predicted molar refractivity (Wildman–Crippen MR) is 158 cm³/mol. The van der Waals surface area contributed by atoms with Crippen molar-refractivity contribution in [3.05, 3.63) is 72.8 Å². The van der Waals surface area contributed by atoms with E-state index in [4.69, 9.17) is 9.47 Å². The molecule has 0 saturated carbocycles. The normalized spacial score (nSPS) is 11.4. The predicted octanol–water partition coefficient (Wildman–Crippen LogP) is 10.4. The van der Waals surface area contributed by atoms with Gasteiger partial charge in [0.25, 0.3) is 0 Å². The van der Waals surface area contributed by atoms with Crippen LogP contribution in [0.3, 0.4) is 0 Å². The highest BCUT2D eigenvalue weighted by atomic mass is 32.1. The third-order valence-electron chi connectivity index (χ3n) is 7.01. The van der Waals surface area contributed by atoms with E-state index in [0.29, 0.717) is 11.8 Å². The van der Waals surface area contributed by atoms with Crippen LogP contribution in [-0.2, 0) is 0 Å². The molecule has 0 amide bonds. The van der Waals surface area contributed by atoms with E-state index in [-0.39, 0.29) is 0 Å². The first-order valence-corrected chi connectivity index (χ1v) is 14.9. The summed E-state index contributed by atoms with van der Waals surface area (Å²) < 4.78 is 12.0. The number of thiophene rings is 2. The molecule has 0 saturated heterocycles. The molecule has 4 heteroatoms. The third-order valence-corrected chi connectivity index (χ3v) is 9.48. The minimum absolute atomic E-state index is 0.630. The maximum atomic E-state index is 6.00. The maximum absolute atomic E-state index is 6.00. The average Bonchev–Trinajstić information content (AvgIpc) is 3.61. The lowest BCUT2D eigenvalue weighted by Crippen LogP contribution is -2.09. The molecule has 0 N–H and O–H groups in total. The van der Waals surface area contributed by atoms with Gasteiger partial charge in [-0.25, -0.2) is 0 Å². The number of ether oxygens (including phenoxy) is 2. The van der Waals surface area contributed by atoms with Crippen molar-refractivity contribution >= 4 is 22.7 Å². The van der Waals surface area contributed by atoms with Crippen molar-refractivity contribution in [2.24, 2.45) is 11.8 Å². The third kappa shape index (κ3) is 6.80. The summed E-state index contributed by atoms with van der Waals surface area (Å²) in [6.45, 7) is 10.5. The van der Waals surface area contributed by atoms with Crippen molar-refractivity contribution < 1.29 is 9.47 Å². The van der Waals surface area contributed by atoms with Crippen LogP contribution in [-0.4, -0.2) is 13.2 Å². The summed E-state index contributed by atoms with van der Waals surface area (Å²) in [5.74, 6) is 3.17. The quantitative estimate of drug-likeness (QED) is 0.175. The van der Waals surface area contributed by atoms with Gasteiger partial charge in [-0.3, -0.25) is 0 Å². The first-order chi connectivity index (χ1) is 17.6. The van der Waals surface area contributed by atoms with Crippen molar-refractivity contribution in [3.63, 3.8) is 0 Å². The van der Waals surface area contributed by atoms with Gasteiger partial charge >= 0.3 is 0 Å². The molecule has 0 aliphatic rings. The zero-order valence-electron chi connectivity index (χ0n) is 22.0. The molecule has 0 radical (unpaired) electrons. The highest BCUT2D eigenvalue weighted by Gasteiger charge is 2.11. The van der Waals surface area contributed by atoms with E-state index in [1.54, 1.807) is 0 Å². The number of hydrogen-bond acceptors (Lipinski definition) is 4. The molecule has 0 unspecified atom stereocenters. The zero-order valence-corrected chi connectivity index (χ0v) is 23.6. The SMILES string of the molecule is CCC(CC)COc1ccc(-c2ccc(-c3ccc(-c4ccc(OCC(CC)CC)cc4)s3)s2)cc1. The van der Waals surface area contributed by atoms with Crippen molar-refractivity contribution in [2.75, 3.05) is 13.2 Å². The van der Waals surface area contributed by atoms with Crippen LogP contribution in [0.15, 0.2) is 72.8 Å². The molecule has 0 aliphatic carbocycles. The molecule has 0 spiro atoms. The van der Waals surface area contributed by atoms with E-state index >= 15 is 0 Å². The lowest BCUT2D eigenvalue weighted by atomic mass is 10.1. The molecule has 4 aromatic rings. The second-order valence-corrected chi connectivity index (χ2v) is 11.5.